The van der Waals surface area contributed by atoms with Gasteiger partial charge in [-0.3, -0.25) is 24.9 Å². The zero-order valence-corrected chi connectivity index (χ0v) is 20.2. The quantitative estimate of drug-likeness (QED) is 0.556. The number of carbonyl (C=O) groups excluding carboxylic acids is 2. The fourth-order valence-corrected chi connectivity index (χ4v) is 4.07. The van der Waals surface area contributed by atoms with E-state index in [1.807, 2.05) is 55.5 Å². The molecule has 1 N–H and O–H groups in total. The van der Waals surface area contributed by atoms with Crippen molar-refractivity contribution in [2.24, 2.45) is 4.99 Å². The summed E-state index contributed by atoms with van der Waals surface area (Å²) in [5, 5.41) is 5.46. The van der Waals surface area contributed by atoms with E-state index >= 15 is 0 Å². The number of rotatable bonds is 6. The van der Waals surface area contributed by atoms with Gasteiger partial charge in [-0.05, 0) is 43.3 Å². The van der Waals surface area contributed by atoms with Crippen molar-refractivity contribution in [2.75, 3.05) is 44.8 Å². The first-order valence-electron chi connectivity index (χ1n) is 11.7. The molecule has 2 aromatic carbocycles. The summed E-state index contributed by atoms with van der Waals surface area (Å²) in [5.74, 6) is 1.54. The molecule has 0 bridgehead atoms. The van der Waals surface area contributed by atoms with Gasteiger partial charge >= 0.3 is 0 Å². The predicted molar refractivity (Wildman–Crippen MR) is 132 cm³/mol. The van der Waals surface area contributed by atoms with Gasteiger partial charge in [0.25, 0.3) is 11.8 Å². The summed E-state index contributed by atoms with van der Waals surface area (Å²) in [6, 6.07) is 15.0. The van der Waals surface area contributed by atoms with Crippen LogP contribution in [0.25, 0.3) is 11.4 Å². The monoisotopic (exact) mass is 489 g/mol. The summed E-state index contributed by atoms with van der Waals surface area (Å²) >= 11 is 0. The summed E-state index contributed by atoms with van der Waals surface area (Å²) in [5.41, 5.74) is 5.50. The number of piperazine rings is 1. The van der Waals surface area contributed by atoms with Gasteiger partial charge < -0.3 is 14.2 Å². The molecule has 1 aromatic heterocycles. The summed E-state index contributed by atoms with van der Waals surface area (Å²) in [4.78, 5) is 38.0. The minimum atomic E-state index is -0.223. The maximum absolute atomic E-state index is 13.1. The first kappa shape index (κ1) is 23.5. The van der Waals surface area contributed by atoms with Crippen molar-refractivity contribution in [3.63, 3.8) is 0 Å². The number of benzene rings is 2. The van der Waals surface area contributed by atoms with Gasteiger partial charge in [-0.25, -0.2) is 5.01 Å². The molecule has 0 radical (unpaired) electrons. The van der Waals surface area contributed by atoms with Gasteiger partial charge in [-0.15, -0.1) is 0 Å². The Balaban J connectivity index is 1.15. The smallest absolute Gasteiger partial charge is 0.290 e. The van der Waals surface area contributed by atoms with E-state index in [0.29, 0.717) is 50.1 Å². The number of ether oxygens (including phenoxy) is 1. The third kappa shape index (κ3) is 5.05. The lowest BCUT2D eigenvalue weighted by molar-refractivity contribution is -0.126. The second kappa shape index (κ2) is 10.2. The van der Waals surface area contributed by atoms with Gasteiger partial charge in [0.15, 0.2) is 0 Å². The number of aliphatic imine (C=N–C) groups is 1. The standard InChI is InChI=1S/C25H27N7O4/c1-17-3-7-19(8-4-17)32-22(33)15-26-24(28-32)25(34)31-13-11-30(12-14-31)16-21-27-23(29-36-21)18-5-9-20(35-2)10-6-18/h3-10H,11-16H2,1-2H3,(H,26,28). The van der Waals surface area contributed by atoms with E-state index in [1.165, 1.54) is 5.01 Å². The maximum atomic E-state index is 13.1. The zero-order chi connectivity index (χ0) is 25.1. The van der Waals surface area contributed by atoms with E-state index in [1.54, 1.807) is 12.0 Å². The molecule has 1 saturated heterocycles. The minimum absolute atomic E-state index is 0.0738. The van der Waals surface area contributed by atoms with Crippen molar-refractivity contribution < 1.29 is 18.8 Å². The fourth-order valence-electron chi connectivity index (χ4n) is 4.07. The summed E-state index contributed by atoms with van der Waals surface area (Å²) in [6.45, 7) is 4.76. The molecule has 11 heteroatoms. The van der Waals surface area contributed by atoms with Crippen molar-refractivity contribution in [1.82, 2.24) is 25.4 Å². The lowest BCUT2D eigenvalue weighted by Crippen LogP contribution is -2.58. The van der Waals surface area contributed by atoms with Gasteiger partial charge in [0, 0.05) is 31.7 Å². The van der Waals surface area contributed by atoms with E-state index in [4.69, 9.17) is 9.26 Å². The molecule has 0 saturated carbocycles. The van der Waals surface area contributed by atoms with Crippen LogP contribution < -0.4 is 15.2 Å². The van der Waals surface area contributed by atoms with Crippen molar-refractivity contribution in [3.8, 4) is 17.1 Å². The number of aryl methyl sites for hydroxylation is 1. The van der Waals surface area contributed by atoms with Gasteiger partial charge in [0.1, 0.15) is 12.3 Å². The highest BCUT2D eigenvalue weighted by Crippen LogP contribution is 2.20. The SMILES string of the molecule is COc1ccc(-c2noc(CN3CCN(C(=O)C4=NCC(=O)N(c5ccc(C)cc5)N4)CC3)n2)cc1. The number of aromatic nitrogens is 2. The van der Waals surface area contributed by atoms with E-state index < -0.39 is 0 Å². The molecular weight excluding hydrogens is 462 g/mol. The highest BCUT2D eigenvalue weighted by Gasteiger charge is 2.30. The number of nitrogens with zero attached hydrogens (tertiary/aromatic N) is 6. The van der Waals surface area contributed by atoms with Crippen LogP contribution in [0.5, 0.6) is 5.75 Å². The summed E-state index contributed by atoms with van der Waals surface area (Å²) in [6.07, 6.45) is 0. The molecule has 11 nitrogen and oxygen atoms in total. The van der Waals surface area contributed by atoms with Crippen LogP contribution >= 0.6 is 0 Å². The molecule has 3 aromatic rings. The minimum Gasteiger partial charge on any atom is -0.497 e. The second-order valence-corrected chi connectivity index (χ2v) is 8.65. The Morgan fingerprint density at radius 3 is 2.47 bits per heavy atom. The van der Waals surface area contributed by atoms with Crippen LogP contribution in [0.4, 0.5) is 5.69 Å². The molecule has 5 rings (SSSR count). The number of hydrogen-bond acceptors (Lipinski definition) is 9. The number of methoxy groups -OCH3 is 1. The summed E-state index contributed by atoms with van der Waals surface area (Å²) < 4.78 is 10.6. The van der Waals surface area contributed by atoms with Crippen molar-refractivity contribution >= 4 is 23.3 Å². The fraction of sp³-hybridized carbons (Fsp3) is 0.320. The number of amidine groups is 1. The van der Waals surface area contributed by atoms with Crippen molar-refractivity contribution in [2.45, 2.75) is 13.5 Å². The number of anilines is 1. The highest BCUT2D eigenvalue weighted by molar-refractivity contribution is 6.39. The lowest BCUT2D eigenvalue weighted by atomic mass is 10.2. The average molecular weight is 490 g/mol. The first-order valence-corrected chi connectivity index (χ1v) is 11.7. The van der Waals surface area contributed by atoms with E-state index in [9.17, 15) is 9.59 Å². The Labute approximate surface area is 208 Å². The number of nitrogens with one attached hydrogen (secondary N) is 1. The van der Waals surface area contributed by atoms with Crippen LogP contribution in [0.15, 0.2) is 58.0 Å². The Kier molecular flexibility index (Phi) is 6.63. The Morgan fingerprint density at radius 1 is 1.06 bits per heavy atom. The Bertz CT molecular complexity index is 1260. The molecule has 0 atom stereocenters. The molecule has 0 spiro atoms. The normalized spacial score (nSPS) is 16.5. The number of amides is 2. The largest absolute Gasteiger partial charge is 0.497 e. The van der Waals surface area contributed by atoms with E-state index in [-0.39, 0.29) is 24.2 Å². The zero-order valence-electron chi connectivity index (χ0n) is 20.2. The molecular formula is C25H27N7O4. The van der Waals surface area contributed by atoms with Gasteiger partial charge in [0.2, 0.25) is 17.6 Å². The molecule has 36 heavy (non-hydrogen) atoms. The van der Waals surface area contributed by atoms with Crippen LogP contribution in [0.3, 0.4) is 0 Å². The third-order valence-electron chi connectivity index (χ3n) is 6.17. The first-order chi connectivity index (χ1) is 17.5. The second-order valence-electron chi connectivity index (χ2n) is 8.65. The van der Waals surface area contributed by atoms with Gasteiger partial charge in [-0.2, -0.15) is 4.98 Å². The van der Waals surface area contributed by atoms with Crippen LogP contribution in [0, 0.1) is 6.92 Å². The molecule has 186 valence electrons. The van der Waals surface area contributed by atoms with Gasteiger partial charge in [-0.1, -0.05) is 22.9 Å². The van der Waals surface area contributed by atoms with Crippen LogP contribution in [0.1, 0.15) is 11.5 Å². The topological polar surface area (TPSA) is 116 Å². The molecule has 2 aliphatic heterocycles. The highest BCUT2D eigenvalue weighted by atomic mass is 16.5. The Hall–Kier alpha value is -4.25. The van der Waals surface area contributed by atoms with Crippen LogP contribution in [-0.2, 0) is 16.1 Å². The predicted octanol–water partition coefficient (Wildman–Crippen LogP) is 1.65. The maximum Gasteiger partial charge on any atom is 0.290 e. The van der Waals surface area contributed by atoms with E-state index in [0.717, 1.165) is 16.9 Å². The Morgan fingerprint density at radius 2 is 1.78 bits per heavy atom. The van der Waals surface area contributed by atoms with Gasteiger partial charge in [0.05, 0.1) is 19.3 Å². The van der Waals surface area contributed by atoms with Crippen LogP contribution in [-0.4, -0.2) is 77.4 Å². The van der Waals surface area contributed by atoms with Crippen LogP contribution in [0.2, 0.25) is 0 Å². The molecule has 2 aliphatic rings. The molecule has 0 unspecified atom stereocenters. The third-order valence-corrected chi connectivity index (χ3v) is 6.17. The van der Waals surface area contributed by atoms with E-state index in [2.05, 4.69) is 25.5 Å². The van der Waals surface area contributed by atoms with Crippen molar-refractivity contribution in [1.29, 1.82) is 0 Å². The lowest BCUT2D eigenvalue weighted by Gasteiger charge is -2.35. The molecule has 3 heterocycles. The molecule has 1 fully saturated rings. The average Bonchev–Trinajstić information content (AvgIpc) is 3.38. The number of carbonyl (C=O) groups is 2. The number of hydrazine groups is 1. The van der Waals surface area contributed by atoms with Crippen molar-refractivity contribution in [3.05, 3.63) is 60.0 Å². The molecule has 2 amide bonds. The number of hydrogen-bond donors (Lipinski definition) is 1. The molecule has 0 aliphatic carbocycles. The summed E-state index contributed by atoms with van der Waals surface area (Å²) in [7, 11) is 1.62.